The second-order valence-electron chi connectivity index (χ2n) is 9.12. The first-order valence-corrected chi connectivity index (χ1v) is 12.3. The molecule has 2 amide bonds. The van der Waals surface area contributed by atoms with Gasteiger partial charge in [0, 0.05) is 18.8 Å². The lowest BCUT2D eigenvalue weighted by molar-refractivity contribution is -0.127. The topological polar surface area (TPSA) is 89.4 Å². The van der Waals surface area contributed by atoms with Crippen LogP contribution in [0.3, 0.4) is 0 Å². The number of hydrogen-bond acceptors (Lipinski definition) is 5. The highest BCUT2D eigenvalue weighted by Gasteiger charge is 2.34. The molecule has 1 fully saturated rings. The second-order valence-corrected chi connectivity index (χ2v) is 9.12. The number of aromatic nitrogens is 3. The van der Waals surface area contributed by atoms with Gasteiger partial charge in [0.2, 0.25) is 11.8 Å². The Bertz CT molecular complexity index is 1400. The van der Waals surface area contributed by atoms with Crippen molar-refractivity contribution < 1.29 is 18.7 Å². The van der Waals surface area contributed by atoms with Gasteiger partial charge in [0.15, 0.2) is 0 Å². The van der Waals surface area contributed by atoms with Gasteiger partial charge in [0.05, 0.1) is 11.6 Å². The zero-order valence-electron chi connectivity index (χ0n) is 20.5. The van der Waals surface area contributed by atoms with Gasteiger partial charge >= 0.3 is 0 Å². The van der Waals surface area contributed by atoms with Crippen LogP contribution in [0.25, 0.3) is 11.0 Å². The van der Waals surface area contributed by atoms with Gasteiger partial charge in [0.1, 0.15) is 23.9 Å². The Hall–Kier alpha value is -4.11. The molecule has 190 valence electrons. The average molecular weight is 502 g/mol. The first-order chi connectivity index (χ1) is 18.0. The Morgan fingerprint density at radius 1 is 1.11 bits per heavy atom. The molecule has 0 radical (unpaired) electrons. The molecule has 0 bridgehead atoms. The van der Waals surface area contributed by atoms with E-state index >= 15 is 0 Å². The summed E-state index contributed by atoms with van der Waals surface area (Å²) < 4.78 is 21.0. The average Bonchev–Trinajstić information content (AvgIpc) is 3.58. The van der Waals surface area contributed by atoms with Crippen LogP contribution in [0, 0.1) is 12.7 Å². The molecule has 2 heterocycles. The highest BCUT2D eigenvalue weighted by atomic mass is 19.1. The maximum Gasteiger partial charge on any atom is 0.249 e. The Morgan fingerprint density at radius 3 is 2.62 bits per heavy atom. The van der Waals surface area contributed by atoms with Crippen LogP contribution in [0.1, 0.15) is 30.0 Å². The van der Waals surface area contributed by atoms with Crippen molar-refractivity contribution in [1.29, 1.82) is 0 Å². The maximum absolute atomic E-state index is 14.0. The molecule has 8 nitrogen and oxygen atoms in total. The van der Waals surface area contributed by atoms with Gasteiger partial charge in [-0.15, -0.1) is 5.10 Å². The summed E-state index contributed by atoms with van der Waals surface area (Å²) in [6, 6.07) is 19.4. The Labute approximate surface area is 214 Å². The molecule has 0 unspecified atom stereocenters. The van der Waals surface area contributed by atoms with Crippen molar-refractivity contribution >= 4 is 28.5 Å². The highest BCUT2D eigenvalue weighted by molar-refractivity contribution is 6.02. The van der Waals surface area contributed by atoms with E-state index in [1.54, 1.807) is 6.07 Å². The third-order valence-corrected chi connectivity index (χ3v) is 6.57. The van der Waals surface area contributed by atoms with E-state index in [-0.39, 0.29) is 24.5 Å². The normalized spacial score (nSPS) is 16.0. The van der Waals surface area contributed by atoms with E-state index in [0.29, 0.717) is 35.4 Å². The lowest BCUT2D eigenvalue weighted by Crippen LogP contribution is -2.47. The lowest BCUT2D eigenvalue weighted by atomic mass is 10.0. The van der Waals surface area contributed by atoms with Gasteiger partial charge in [-0.1, -0.05) is 47.7 Å². The van der Waals surface area contributed by atoms with Gasteiger partial charge in [-0.25, -0.2) is 9.07 Å². The Kier molecular flexibility index (Phi) is 7.23. The first-order valence-electron chi connectivity index (χ1n) is 12.3. The molecule has 37 heavy (non-hydrogen) atoms. The van der Waals surface area contributed by atoms with Crippen molar-refractivity contribution in [3.8, 4) is 0 Å². The number of fused-ring (bicyclic) bond motifs is 1. The summed E-state index contributed by atoms with van der Waals surface area (Å²) in [5.74, 6) is -1.15. The number of carbonyl (C=O) groups excluding carboxylic acids is 2. The molecule has 9 heteroatoms. The third-order valence-electron chi connectivity index (χ3n) is 6.57. The Morgan fingerprint density at radius 2 is 1.86 bits per heavy atom. The number of nitrogens with zero attached hydrogens (tertiary/aromatic N) is 4. The van der Waals surface area contributed by atoms with Crippen LogP contribution in [0.2, 0.25) is 0 Å². The largest absolute Gasteiger partial charge is 0.376 e. The fraction of sp³-hybridized carbons (Fsp3) is 0.286. The van der Waals surface area contributed by atoms with Crippen LogP contribution < -0.4 is 10.2 Å². The van der Waals surface area contributed by atoms with E-state index in [1.807, 2.05) is 49.4 Å². The summed E-state index contributed by atoms with van der Waals surface area (Å²) in [6.45, 7) is 2.75. The SMILES string of the molecule is Cc1ccccc1N(C(=O)Cn1nnc2ccccc21)[C@H](C(=O)NC[C@H]1CCCO1)c1ccc(F)cc1. The predicted molar refractivity (Wildman–Crippen MR) is 137 cm³/mol. The first kappa shape index (κ1) is 24.6. The van der Waals surface area contributed by atoms with Crippen molar-refractivity contribution in [2.45, 2.75) is 38.5 Å². The second kappa shape index (κ2) is 10.9. The molecule has 4 aromatic rings. The summed E-state index contributed by atoms with van der Waals surface area (Å²) >= 11 is 0. The molecule has 0 spiro atoms. The lowest BCUT2D eigenvalue weighted by Gasteiger charge is -2.33. The molecule has 0 aliphatic carbocycles. The number of ether oxygens (including phenoxy) is 1. The minimum Gasteiger partial charge on any atom is -0.376 e. The standard InChI is InChI=1S/C28H28FN5O3/c1-19-7-2-4-10-24(19)34(26(35)18-33-25-11-5-3-9-23(25)31-32-33)27(20-12-14-21(29)15-13-20)28(36)30-17-22-8-6-16-37-22/h2-5,7,9-15,22,27H,6,8,16-18H2,1H3,(H,30,36)/t22-,27+/m1/s1. The molecule has 3 aromatic carbocycles. The van der Waals surface area contributed by atoms with Gasteiger partial charge < -0.3 is 10.1 Å². The fourth-order valence-corrected chi connectivity index (χ4v) is 4.67. The zero-order valence-corrected chi connectivity index (χ0v) is 20.5. The van der Waals surface area contributed by atoms with Gasteiger partial charge in [-0.05, 0) is 61.2 Å². The van der Waals surface area contributed by atoms with Gasteiger partial charge in [-0.3, -0.25) is 14.5 Å². The molecule has 0 saturated carbocycles. The van der Waals surface area contributed by atoms with Crippen molar-refractivity contribution in [2.24, 2.45) is 0 Å². The van der Waals surface area contributed by atoms with E-state index in [2.05, 4.69) is 15.6 Å². The molecule has 1 aliphatic rings. The van der Waals surface area contributed by atoms with Crippen LogP contribution in [-0.4, -0.2) is 46.1 Å². The summed E-state index contributed by atoms with van der Waals surface area (Å²) in [4.78, 5) is 29.2. The minimum absolute atomic E-state index is 0.0676. The number of para-hydroxylation sites is 2. The number of carbonyl (C=O) groups is 2. The minimum atomic E-state index is -1.04. The van der Waals surface area contributed by atoms with Crippen LogP contribution in [0.15, 0.2) is 72.8 Å². The summed E-state index contributed by atoms with van der Waals surface area (Å²) in [6.07, 6.45) is 1.74. The number of nitrogens with one attached hydrogen (secondary N) is 1. The van der Waals surface area contributed by atoms with Crippen molar-refractivity contribution in [2.75, 3.05) is 18.1 Å². The van der Waals surface area contributed by atoms with Crippen molar-refractivity contribution in [3.63, 3.8) is 0 Å². The monoisotopic (exact) mass is 501 g/mol. The molecule has 5 rings (SSSR count). The maximum atomic E-state index is 14.0. The number of hydrogen-bond donors (Lipinski definition) is 1. The molecular weight excluding hydrogens is 473 g/mol. The van der Waals surface area contributed by atoms with Crippen LogP contribution >= 0.6 is 0 Å². The fourth-order valence-electron chi connectivity index (χ4n) is 4.67. The molecule has 1 aromatic heterocycles. The number of benzene rings is 3. The highest BCUT2D eigenvalue weighted by Crippen LogP contribution is 2.31. The van der Waals surface area contributed by atoms with E-state index in [1.165, 1.54) is 33.8 Å². The van der Waals surface area contributed by atoms with Crippen molar-refractivity contribution in [1.82, 2.24) is 20.3 Å². The smallest absolute Gasteiger partial charge is 0.249 e. The van der Waals surface area contributed by atoms with Crippen LogP contribution in [-0.2, 0) is 20.9 Å². The molecule has 1 saturated heterocycles. The van der Waals surface area contributed by atoms with Crippen LogP contribution in [0.5, 0.6) is 0 Å². The number of amides is 2. The zero-order chi connectivity index (χ0) is 25.8. The van der Waals surface area contributed by atoms with Crippen molar-refractivity contribution in [3.05, 3.63) is 89.7 Å². The number of anilines is 1. The molecule has 1 aliphatic heterocycles. The molecule has 1 N–H and O–H groups in total. The van der Waals surface area contributed by atoms with Gasteiger partial charge in [-0.2, -0.15) is 0 Å². The quantitative estimate of drug-likeness (QED) is 0.395. The van der Waals surface area contributed by atoms with E-state index < -0.39 is 11.9 Å². The summed E-state index contributed by atoms with van der Waals surface area (Å²) in [5, 5.41) is 11.3. The van der Waals surface area contributed by atoms with E-state index in [9.17, 15) is 14.0 Å². The number of halogens is 1. The molecule has 2 atom stereocenters. The summed E-state index contributed by atoms with van der Waals surface area (Å²) in [5.41, 5.74) is 3.27. The third kappa shape index (κ3) is 5.36. The van der Waals surface area contributed by atoms with E-state index in [0.717, 1.165) is 18.4 Å². The molecular formula is C28H28FN5O3. The number of rotatable bonds is 8. The Balaban J connectivity index is 1.54. The van der Waals surface area contributed by atoms with E-state index in [4.69, 9.17) is 4.74 Å². The van der Waals surface area contributed by atoms with Gasteiger partial charge in [0.25, 0.3) is 0 Å². The van der Waals surface area contributed by atoms with Crippen LogP contribution in [0.4, 0.5) is 10.1 Å². The summed E-state index contributed by atoms with van der Waals surface area (Å²) in [7, 11) is 0. The number of aryl methyl sites for hydroxylation is 1. The predicted octanol–water partition coefficient (Wildman–Crippen LogP) is 3.95.